The van der Waals surface area contributed by atoms with Gasteiger partial charge in [-0.05, 0) is 24.3 Å². The third kappa shape index (κ3) is 4.07. The van der Waals surface area contributed by atoms with Gasteiger partial charge in [-0.2, -0.15) is 0 Å². The van der Waals surface area contributed by atoms with E-state index in [-0.39, 0.29) is 0 Å². The first kappa shape index (κ1) is 19.5. The largest absolute Gasteiger partial charge is 0.449 e. The lowest BCUT2D eigenvalue weighted by Crippen LogP contribution is -2.50. The molecule has 0 spiro atoms. The van der Waals surface area contributed by atoms with Crippen molar-refractivity contribution in [2.24, 2.45) is 0 Å². The molecule has 2 aromatic carbocycles. The molecule has 0 bridgehead atoms. The summed E-state index contributed by atoms with van der Waals surface area (Å²) in [7, 11) is 0. The van der Waals surface area contributed by atoms with Crippen molar-refractivity contribution in [1.29, 1.82) is 0 Å². The van der Waals surface area contributed by atoms with Crippen LogP contribution >= 0.6 is 0 Å². The molecule has 0 amide bonds. The highest BCUT2D eigenvalue weighted by atomic mass is 16.7. The third-order valence-corrected chi connectivity index (χ3v) is 6.23. The molecule has 1 fully saturated rings. The zero-order valence-electron chi connectivity index (χ0n) is 17.8. The van der Waals surface area contributed by atoms with E-state index in [0.29, 0.717) is 0 Å². The standard InChI is InChI=1S/C24H30N2O4/c1-23(27-19-7-3-4-8-20(19)28-23)11-13-25-15-17-26(18-16-25)14-12-24(2)29-21-9-5-6-10-22(21)30-24/h3-10H,11-18H2,1-2H3. The van der Waals surface area contributed by atoms with Crippen molar-refractivity contribution in [2.75, 3.05) is 39.3 Å². The van der Waals surface area contributed by atoms with Crippen LogP contribution in [0.15, 0.2) is 48.5 Å². The summed E-state index contributed by atoms with van der Waals surface area (Å²) in [5.74, 6) is 2.24. The van der Waals surface area contributed by atoms with Crippen LogP contribution in [-0.2, 0) is 0 Å². The van der Waals surface area contributed by atoms with E-state index in [0.717, 1.165) is 75.1 Å². The van der Waals surface area contributed by atoms with E-state index in [1.165, 1.54) is 0 Å². The van der Waals surface area contributed by atoms with Gasteiger partial charge in [-0.3, -0.25) is 0 Å². The molecular formula is C24H30N2O4. The van der Waals surface area contributed by atoms with Gasteiger partial charge < -0.3 is 28.7 Å². The maximum absolute atomic E-state index is 6.05. The quantitative estimate of drug-likeness (QED) is 0.723. The molecule has 0 atom stereocenters. The fraction of sp³-hybridized carbons (Fsp3) is 0.500. The van der Waals surface area contributed by atoms with Gasteiger partial charge in [0.2, 0.25) is 11.6 Å². The van der Waals surface area contributed by atoms with Crippen LogP contribution in [0.25, 0.3) is 0 Å². The van der Waals surface area contributed by atoms with E-state index in [1.54, 1.807) is 0 Å². The molecule has 6 heteroatoms. The molecular weight excluding hydrogens is 380 g/mol. The molecule has 1 saturated heterocycles. The fourth-order valence-electron chi connectivity index (χ4n) is 4.37. The van der Waals surface area contributed by atoms with Crippen LogP contribution in [0.5, 0.6) is 23.0 Å². The highest BCUT2D eigenvalue weighted by molar-refractivity contribution is 5.43. The number of nitrogens with zero attached hydrogens (tertiary/aromatic N) is 2. The Labute approximate surface area is 178 Å². The van der Waals surface area contributed by atoms with Crippen LogP contribution in [0, 0.1) is 0 Å². The maximum Gasteiger partial charge on any atom is 0.250 e. The highest BCUT2D eigenvalue weighted by Crippen LogP contribution is 2.41. The molecule has 0 aromatic heterocycles. The van der Waals surface area contributed by atoms with Crippen molar-refractivity contribution < 1.29 is 18.9 Å². The Kier molecular flexibility index (Phi) is 4.99. The summed E-state index contributed by atoms with van der Waals surface area (Å²) in [5, 5.41) is 0. The van der Waals surface area contributed by atoms with E-state index in [9.17, 15) is 0 Å². The molecule has 3 aliphatic heterocycles. The van der Waals surface area contributed by atoms with Gasteiger partial charge in [0.05, 0.1) is 0 Å². The van der Waals surface area contributed by atoms with Crippen LogP contribution in [-0.4, -0.2) is 60.6 Å². The van der Waals surface area contributed by atoms with E-state index in [1.807, 2.05) is 62.4 Å². The minimum absolute atomic E-state index is 0.568. The van der Waals surface area contributed by atoms with Crippen LogP contribution < -0.4 is 18.9 Å². The molecule has 160 valence electrons. The molecule has 0 unspecified atom stereocenters. The average Bonchev–Trinajstić information content (AvgIpc) is 3.27. The van der Waals surface area contributed by atoms with Crippen molar-refractivity contribution in [3.63, 3.8) is 0 Å². The fourth-order valence-corrected chi connectivity index (χ4v) is 4.37. The number of hydrogen-bond donors (Lipinski definition) is 0. The third-order valence-electron chi connectivity index (χ3n) is 6.23. The molecule has 3 heterocycles. The molecule has 30 heavy (non-hydrogen) atoms. The Balaban J connectivity index is 1.05. The van der Waals surface area contributed by atoms with E-state index in [4.69, 9.17) is 18.9 Å². The number of rotatable bonds is 6. The van der Waals surface area contributed by atoms with Gasteiger partial charge >= 0.3 is 0 Å². The smallest absolute Gasteiger partial charge is 0.250 e. The van der Waals surface area contributed by atoms with Crippen LogP contribution in [0.2, 0.25) is 0 Å². The molecule has 2 aromatic rings. The Morgan fingerprint density at radius 2 is 0.900 bits per heavy atom. The van der Waals surface area contributed by atoms with Gasteiger partial charge in [-0.25, -0.2) is 0 Å². The Morgan fingerprint density at radius 3 is 1.20 bits per heavy atom. The van der Waals surface area contributed by atoms with Crippen LogP contribution in [0.4, 0.5) is 0 Å². The maximum atomic E-state index is 6.05. The van der Waals surface area contributed by atoms with Crippen LogP contribution in [0.1, 0.15) is 26.7 Å². The van der Waals surface area contributed by atoms with Crippen molar-refractivity contribution in [3.8, 4) is 23.0 Å². The predicted octanol–water partition coefficient (Wildman–Crippen LogP) is 3.76. The summed E-state index contributed by atoms with van der Waals surface area (Å²) in [4.78, 5) is 5.00. The molecule has 6 nitrogen and oxygen atoms in total. The summed E-state index contributed by atoms with van der Waals surface area (Å²) in [6, 6.07) is 15.8. The Morgan fingerprint density at radius 1 is 0.600 bits per heavy atom. The van der Waals surface area contributed by atoms with Gasteiger partial charge in [0.15, 0.2) is 23.0 Å². The summed E-state index contributed by atoms with van der Waals surface area (Å²) < 4.78 is 24.2. The number of piperazine rings is 1. The van der Waals surface area contributed by atoms with Crippen molar-refractivity contribution in [3.05, 3.63) is 48.5 Å². The minimum Gasteiger partial charge on any atom is -0.449 e. The lowest BCUT2D eigenvalue weighted by atomic mass is 10.1. The zero-order chi connectivity index (χ0) is 20.6. The predicted molar refractivity (Wildman–Crippen MR) is 114 cm³/mol. The van der Waals surface area contributed by atoms with Gasteiger partial charge in [-0.15, -0.1) is 0 Å². The molecule has 3 aliphatic rings. The number of fused-ring (bicyclic) bond motifs is 2. The number of ether oxygens (including phenoxy) is 4. The molecule has 0 saturated carbocycles. The number of hydrogen-bond acceptors (Lipinski definition) is 6. The molecule has 0 aliphatic carbocycles. The number of para-hydroxylation sites is 4. The first-order valence-corrected chi connectivity index (χ1v) is 10.9. The zero-order valence-corrected chi connectivity index (χ0v) is 17.8. The average molecular weight is 411 g/mol. The van der Waals surface area contributed by atoms with Crippen LogP contribution in [0.3, 0.4) is 0 Å². The van der Waals surface area contributed by atoms with Gasteiger partial charge in [0.25, 0.3) is 0 Å². The normalized spacial score (nSPS) is 21.7. The SMILES string of the molecule is CC1(CCN2CCN(CCC3(C)Oc4ccccc4O3)CC2)Oc2ccccc2O1. The second kappa shape index (κ2) is 7.67. The summed E-state index contributed by atoms with van der Waals surface area (Å²) in [5.41, 5.74) is 0. The van der Waals surface area contributed by atoms with E-state index >= 15 is 0 Å². The lowest BCUT2D eigenvalue weighted by molar-refractivity contribution is -0.0800. The summed E-state index contributed by atoms with van der Waals surface area (Å²) in [6.45, 7) is 10.2. The molecule has 0 N–H and O–H groups in total. The van der Waals surface area contributed by atoms with E-state index < -0.39 is 11.6 Å². The Hall–Kier alpha value is -2.44. The monoisotopic (exact) mass is 410 g/mol. The first-order chi connectivity index (χ1) is 14.5. The number of benzene rings is 2. The summed E-state index contributed by atoms with van der Waals surface area (Å²) in [6.07, 6.45) is 1.69. The lowest BCUT2D eigenvalue weighted by Gasteiger charge is -2.37. The Bertz CT molecular complexity index is 771. The van der Waals surface area contributed by atoms with Crippen molar-refractivity contribution in [2.45, 2.75) is 38.3 Å². The van der Waals surface area contributed by atoms with E-state index in [2.05, 4.69) is 9.80 Å². The first-order valence-electron chi connectivity index (χ1n) is 10.9. The second-order valence-corrected chi connectivity index (χ2v) is 8.75. The van der Waals surface area contributed by atoms with Gasteiger partial charge in [-0.1, -0.05) is 24.3 Å². The highest BCUT2D eigenvalue weighted by Gasteiger charge is 2.38. The summed E-state index contributed by atoms with van der Waals surface area (Å²) >= 11 is 0. The second-order valence-electron chi connectivity index (χ2n) is 8.75. The molecule has 5 rings (SSSR count). The molecule has 0 radical (unpaired) electrons. The van der Waals surface area contributed by atoms with Crippen molar-refractivity contribution >= 4 is 0 Å². The van der Waals surface area contributed by atoms with Crippen molar-refractivity contribution in [1.82, 2.24) is 9.80 Å². The minimum atomic E-state index is -0.568. The topological polar surface area (TPSA) is 43.4 Å². The van der Waals surface area contributed by atoms with Gasteiger partial charge in [0.1, 0.15) is 0 Å². The van der Waals surface area contributed by atoms with Gasteiger partial charge in [0, 0.05) is 66.0 Å².